The number of carbonyl (C=O) groups is 2. The Balaban J connectivity index is 2.30. The van der Waals surface area contributed by atoms with Crippen LogP contribution in [0.25, 0.3) is 0 Å². The number of methoxy groups -OCH3 is 1. The fraction of sp³-hybridized carbons (Fsp3) is 0.500. The van der Waals surface area contributed by atoms with Gasteiger partial charge in [-0.2, -0.15) is 0 Å². The lowest BCUT2D eigenvalue weighted by Crippen LogP contribution is -2.48. The number of esters is 1. The fourth-order valence-corrected chi connectivity index (χ4v) is 2.48. The first-order chi connectivity index (χ1) is 9.54. The number of nitrogens with zero attached hydrogens (tertiary/aromatic N) is 2. The molecule has 1 aromatic heterocycles. The summed E-state index contributed by atoms with van der Waals surface area (Å²) in [5, 5.41) is 0. The van der Waals surface area contributed by atoms with Gasteiger partial charge in [0.15, 0.2) is 0 Å². The van der Waals surface area contributed by atoms with Crippen LogP contribution in [0.4, 0.5) is 5.69 Å². The Morgan fingerprint density at radius 1 is 1.45 bits per heavy atom. The van der Waals surface area contributed by atoms with Crippen molar-refractivity contribution in [1.82, 2.24) is 9.88 Å². The molecule has 2 heterocycles. The van der Waals surface area contributed by atoms with Gasteiger partial charge in [0, 0.05) is 6.54 Å². The van der Waals surface area contributed by atoms with E-state index in [0.29, 0.717) is 29.9 Å². The molecule has 0 bridgehead atoms. The van der Waals surface area contributed by atoms with Gasteiger partial charge in [0.2, 0.25) is 0 Å². The zero-order chi connectivity index (χ0) is 14.7. The lowest BCUT2D eigenvalue weighted by atomic mass is 10.0. The second kappa shape index (κ2) is 5.90. The van der Waals surface area contributed by atoms with Gasteiger partial charge < -0.3 is 15.4 Å². The minimum atomic E-state index is -0.512. The highest BCUT2D eigenvalue weighted by Gasteiger charge is 2.34. The summed E-state index contributed by atoms with van der Waals surface area (Å²) in [4.78, 5) is 30.1. The second-order valence-electron chi connectivity index (χ2n) is 4.93. The predicted octanol–water partition coefficient (Wildman–Crippen LogP) is 1.14. The number of likely N-dealkylation sites (tertiary alicyclic amines) is 1. The van der Waals surface area contributed by atoms with Crippen molar-refractivity contribution in [3.63, 3.8) is 0 Å². The van der Waals surface area contributed by atoms with E-state index in [4.69, 9.17) is 10.5 Å². The molecule has 0 aliphatic carbocycles. The number of amides is 1. The van der Waals surface area contributed by atoms with Crippen molar-refractivity contribution < 1.29 is 14.3 Å². The third-order valence-electron chi connectivity index (χ3n) is 3.58. The number of nitrogen functional groups attached to an aromatic ring is 1. The molecule has 0 radical (unpaired) electrons. The van der Waals surface area contributed by atoms with Crippen molar-refractivity contribution in [3.8, 4) is 0 Å². The van der Waals surface area contributed by atoms with Crippen LogP contribution in [0.3, 0.4) is 0 Å². The third-order valence-corrected chi connectivity index (χ3v) is 3.58. The van der Waals surface area contributed by atoms with E-state index in [9.17, 15) is 9.59 Å². The van der Waals surface area contributed by atoms with Crippen molar-refractivity contribution in [1.29, 1.82) is 0 Å². The molecule has 1 saturated heterocycles. The summed E-state index contributed by atoms with van der Waals surface area (Å²) in [6.45, 7) is 2.30. The van der Waals surface area contributed by atoms with E-state index in [2.05, 4.69) is 4.98 Å². The Hall–Kier alpha value is -2.11. The van der Waals surface area contributed by atoms with Crippen LogP contribution in [-0.2, 0) is 9.53 Å². The summed E-state index contributed by atoms with van der Waals surface area (Å²) in [6, 6.07) is 1.09. The Morgan fingerprint density at radius 2 is 2.20 bits per heavy atom. The number of pyridine rings is 1. The summed E-state index contributed by atoms with van der Waals surface area (Å²) >= 11 is 0. The van der Waals surface area contributed by atoms with E-state index in [1.807, 2.05) is 0 Å². The molecule has 1 amide bonds. The molecule has 20 heavy (non-hydrogen) atoms. The minimum Gasteiger partial charge on any atom is -0.467 e. The summed E-state index contributed by atoms with van der Waals surface area (Å²) in [5.74, 6) is -0.579. The smallest absolute Gasteiger partial charge is 0.328 e. The number of aryl methyl sites for hydroxylation is 1. The first kappa shape index (κ1) is 14.3. The maximum absolute atomic E-state index is 12.6. The number of ether oxygens (including phenoxy) is 1. The molecular weight excluding hydrogens is 258 g/mol. The quantitative estimate of drug-likeness (QED) is 0.819. The SMILES string of the molecule is COC(=O)C1CCCCN1C(=O)c1cc(N)cnc1C. The molecule has 1 unspecified atom stereocenters. The van der Waals surface area contributed by atoms with E-state index < -0.39 is 6.04 Å². The number of rotatable bonds is 2. The first-order valence-corrected chi connectivity index (χ1v) is 6.65. The predicted molar refractivity (Wildman–Crippen MR) is 74.1 cm³/mol. The van der Waals surface area contributed by atoms with Crippen LogP contribution in [0.15, 0.2) is 12.3 Å². The van der Waals surface area contributed by atoms with Crippen LogP contribution < -0.4 is 5.73 Å². The first-order valence-electron chi connectivity index (χ1n) is 6.65. The number of aromatic nitrogens is 1. The van der Waals surface area contributed by atoms with Crippen molar-refractivity contribution in [2.45, 2.75) is 32.2 Å². The van der Waals surface area contributed by atoms with Crippen molar-refractivity contribution in [2.24, 2.45) is 0 Å². The lowest BCUT2D eigenvalue weighted by molar-refractivity contribution is -0.147. The fourth-order valence-electron chi connectivity index (χ4n) is 2.48. The molecule has 1 aliphatic heterocycles. The van der Waals surface area contributed by atoms with Gasteiger partial charge in [-0.15, -0.1) is 0 Å². The lowest BCUT2D eigenvalue weighted by Gasteiger charge is -2.34. The van der Waals surface area contributed by atoms with Crippen LogP contribution in [0, 0.1) is 6.92 Å². The highest BCUT2D eigenvalue weighted by atomic mass is 16.5. The van der Waals surface area contributed by atoms with Gasteiger partial charge in [-0.3, -0.25) is 9.78 Å². The summed E-state index contributed by atoms with van der Waals surface area (Å²) < 4.78 is 4.79. The van der Waals surface area contributed by atoms with E-state index in [1.54, 1.807) is 17.9 Å². The Kier molecular flexibility index (Phi) is 4.22. The van der Waals surface area contributed by atoms with Gasteiger partial charge in [-0.1, -0.05) is 0 Å². The average Bonchev–Trinajstić information content (AvgIpc) is 2.48. The minimum absolute atomic E-state index is 0.211. The molecule has 0 spiro atoms. The molecule has 0 aromatic carbocycles. The van der Waals surface area contributed by atoms with Crippen molar-refractivity contribution in [3.05, 3.63) is 23.5 Å². The van der Waals surface area contributed by atoms with E-state index in [-0.39, 0.29) is 11.9 Å². The Bertz CT molecular complexity index is 530. The summed E-state index contributed by atoms with van der Waals surface area (Å²) in [5.41, 5.74) is 7.18. The van der Waals surface area contributed by atoms with Crippen LogP contribution in [0.1, 0.15) is 35.3 Å². The van der Waals surface area contributed by atoms with Gasteiger partial charge in [0.25, 0.3) is 5.91 Å². The van der Waals surface area contributed by atoms with Gasteiger partial charge in [-0.05, 0) is 32.3 Å². The second-order valence-corrected chi connectivity index (χ2v) is 4.93. The van der Waals surface area contributed by atoms with Crippen LogP contribution >= 0.6 is 0 Å². The topological polar surface area (TPSA) is 85.5 Å². The number of hydrogen-bond donors (Lipinski definition) is 1. The molecule has 6 nitrogen and oxygen atoms in total. The number of piperidine rings is 1. The van der Waals surface area contributed by atoms with Gasteiger partial charge in [-0.25, -0.2) is 4.79 Å². The number of carbonyl (C=O) groups excluding carboxylic acids is 2. The van der Waals surface area contributed by atoms with Crippen LogP contribution in [-0.4, -0.2) is 41.5 Å². The largest absolute Gasteiger partial charge is 0.467 e. The van der Waals surface area contributed by atoms with Gasteiger partial charge in [0.1, 0.15) is 6.04 Å². The Labute approximate surface area is 117 Å². The molecule has 1 aromatic rings. The van der Waals surface area contributed by atoms with Crippen LogP contribution in [0.2, 0.25) is 0 Å². The van der Waals surface area contributed by atoms with Gasteiger partial charge in [0.05, 0.1) is 30.3 Å². The third kappa shape index (κ3) is 2.74. The highest BCUT2D eigenvalue weighted by Crippen LogP contribution is 2.22. The molecule has 108 valence electrons. The maximum Gasteiger partial charge on any atom is 0.328 e. The molecule has 1 atom stereocenters. The monoisotopic (exact) mass is 277 g/mol. The Morgan fingerprint density at radius 3 is 2.90 bits per heavy atom. The molecule has 1 fully saturated rings. The van der Waals surface area contributed by atoms with E-state index >= 15 is 0 Å². The molecule has 2 N–H and O–H groups in total. The number of nitrogens with two attached hydrogens (primary N) is 1. The van der Waals surface area contributed by atoms with Crippen LogP contribution in [0.5, 0.6) is 0 Å². The molecule has 0 saturated carbocycles. The molecule has 1 aliphatic rings. The zero-order valence-corrected chi connectivity index (χ0v) is 11.8. The highest BCUT2D eigenvalue weighted by molar-refractivity contribution is 5.98. The number of hydrogen-bond acceptors (Lipinski definition) is 5. The maximum atomic E-state index is 12.6. The summed E-state index contributed by atoms with van der Waals surface area (Å²) in [6.07, 6.45) is 3.94. The normalized spacial score (nSPS) is 18.7. The van der Waals surface area contributed by atoms with Gasteiger partial charge >= 0.3 is 5.97 Å². The number of anilines is 1. The van der Waals surface area contributed by atoms with E-state index in [0.717, 1.165) is 12.8 Å². The molecule has 6 heteroatoms. The van der Waals surface area contributed by atoms with Crippen molar-refractivity contribution >= 4 is 17.6 Å². The van der Waals surface area contributed by atoms with E-state index in [1.165, 1.54) is 13.3 Å². The molecule has 2 rings (SSSR count). The standard InChI is InChI=1S/C14H19N3O3/c1-9-11(7-10(15)8-16-9)13(18)17-6-4-3-5-12(17)14(19)20-2/h7-8,12H,3-6,15H2,1-2H3. The summed E-state index contributed by atoms with van der Waals surface area (Å²) in [7, 11) is 1.34. The van der Waals surface area contributed by atoms with Crippen molar-refractivity contribution in [2.75, 3.05) is 19.4 Å². The zero-order valence-electron chi connectivity index (χ0n) is 11.8. The average molecular weight is 277 g/mol. The molecular formula is C14H19N3O3.